The second-order valence-corrected chi connectivity index (χ2v) is 4.24. The molecule has 0 aliphatic heterocycles. The van der Waals surface area contributed by atoms with Gasteiger partial charge in [-0.15, -0.1) is 0 Å². The lowest BCUT2D eigenvalue weighted by atomic mass is 10.0. The van der Waals surface area contributed by atoms with Crippen molar-refractivity contribution >= 4 is 21.9 Å². The molecule has 1 N–H and O–H groups in total. The molecular weight excluding hydrogens is 210 g/mol. The maximum atomic E-state index is 5.85. The van der Waals surface area contributed by atoms with Crippen LogP contribution in [0, 0.1) is 0 Å². The summed E-state index contributed by atoms with van der Waals surface area (Å²) in [5.41, 5.74) is 3.31. The molecule has 2 nitrogen and oxygen atoms in total. The van der Waals surface area contributed by atoms with Crippen LogP contribution in [0.3, 0.4) is 0 Å². The molecule has 0 amide bonds. The van der Waals surface area contributed by atoms with Crippen LogP contribution in [0.5, 0.6) is 0 Å². The highest BCUT2D eigenvalue weighted by molar-refractivity contribution is 6.06. The van der Waals surface area contributed by atoms with Gasteiger partial charge in [0.2, 0.25) is 0 Å². The van der Waals surface area contributed by atoms with Crippen LogP contribution in [0.4, 0.5) is 0 Å². The van der Waals surface area contributed by atoms with Crippen molar-refractivity contribution in [1.29, 1.82) is 0 Å². The van der Waals surface area contributed by atoms with Gasteiger partial charge in [-0.1, -0.05) is 30.3 Å². The number of hydrogen-bond acceptors (Lipinski definition) is 2. The fourth-order valence-corrected chi connectivity index (χ4v) is 2.32. The van der Waals surface area contributed by atoms with E-state index in [0.717, 1.165) is 24.1 Å². The largest absolute Gasteiger partial charge is 0.456 e. The molecular formula is C15H15NO. The van der Waals surface area contributed by atoms with Gasteiger partial charge in [0.25, 0.3) is 0 Å². The maximum Gasteiger partial charge on any atom is 0.135 e. The normalized spacial score (nSPS) is 11.4. The van der Waals surface area contributed by atoms with Crippen molar-refractivity contribution in [2.24, 2.45) is 0 Å². The molecule has 0 atom stereocenters. The van der Waals surface area contributed by atoms with Crippen LogP contribution < -0.4 is 5.32 Å². The number of para-hydroxylation sites is 1. The third kappa shape index (κ3) is 1.71. The monoisotopic (exact) mass is 225 g/mol. The summed E-state index contributed by atoms with van der Waals surface area (Å²) < 4.78 is 5.85. The van der Waals surface area contributed by atoms with E-state index < -0.39 is 0 Å². The first kappa shape index (κ1) is 10.4. The molecule has 17 heavy (non-hydrogen) atoms. The zero-order chi connectivity index (χ0) is 11.7. The molecule has 0 bridgehead atoms. The lowest BCUT2D eigenvalue weighted by molar-refractivity contribution is 0.668. The summed E-state index contributed by atoms with van der Waals surface area (Å²) in [5.74, 6) is 0. The Bertz CT molecular complexity index is 654. The highest BCUT2D eigenvalue weighted by atomic mass is 16.3. The predicted octanol–water partition coefficient (Wildman–Crippen LogP) is 3.35. The van der Waals surface area contributed by atoms with Gasteiger partial charge in [0.15, 0.2) is 0 Å². The molecule has 2 heteroatoms. The van der Waals surface area contributed by atoms with E-state index in [2.05, 4.69) is 29.6 Å². The van der Waals surface area contributed by atoms with E-state index in [-0.39, 0.29) is 0 Å². The molecule has 86 valence electrons. The smallest absolute Gasteiger partial charge is 0.135 e. The maximum absolute atomic E-state index is 5.85. The van der Waals surface area contributed by atoms with Crippen molar-refractivity contribution in [3.05, 3.63) is 48.0 Å². The molecule has 1 heterocycles. The fraction of sp³-hybridized carbons (Fsp3) is 0.200. The molecule has 3 aromatic rings. The molecule has 0 unspecified atom stereocenters. The van der Waals surface area contributed by atoms with Gasteiger partial charge in [0.05, 0.1) is 0 Å². The molecule has 1 aromatic heterocycles. The highest BCUT2D eigenvalue weighted by Gasteiger charge is 2.09. The Morgan fingerprint density at radius 2 is 1.82 bits per heavy atom. The number of hydrogen-bond donors (Lipinski definition) is 1. The number of likely N-dealkylation sites (N-methyl/N-ethyl adjacent to an activating group) is 1. The van der Waals surface area contributed by atoms with Crippen molar-refractivity contribution < 1.29 is 4.42 Å². The summed E-state index contributed by atoms with van der Waals surface area (Å²) in [7, 11) is 1.98. The van der Waals surface area contributed by atoms with Gasteiger partial charge in [-0.05, 0) is 37.7 Å². The van der Waals surface area contributed by atoms with E-state index in [9.17, 15) is 0 Å². The van der Waals surface area contributed by atoms with Gasteiger partial charge in [-0.3, -0.25) is 0 Å². The van der Waals surface area contributed by atoms with Gasteiger partial charge in [-0.25, -0.2) is 0 Å². The van der Waals surface area contributed by atoms with E-state index in [0.29, 0.717) is 0 Å². The summed E-state index contributed by atoms with van der Waals surface area (Å²) in [6.45, 7) is 0.985. The Labute approximate surface area is 100 Å². The molecule has 0 saturated heterocycles. The predicted molar refractivity (Wildman–Crippen MR) is 71.4 cm³/mol. The van der Waals surface area contributed by atoms with Crippen LogP contribution in [0.2, 0.25) is 0 Å². The summed E-state index contributed by atoms with van der Waals surface area (Å²) in [6.07, 6.45) is 1.03. The molecule has 0 fully saturated rings. The molecule has 3 rings (SSSR count). The Morgan fingerprint density at radius 1 is 1.00 bits per heavy atom. The van der Waals surface area contributed by atoms with Gasteiger partial charge >= 0.3 is 0 Å². The summed E-state index contributed by atoms with van der Waals surface area (Å²) in [6, 6.07) is 14.5. The van der Waals surface area contributed by atoms with Crippen LogP contribution in [-0.2, 0) is 6.42 Å². The first-order chi connectivity index (χ1) is 8.40. The zero-order valence-electron chi connectivity index (χ0n) is 9.86. The Morgan fingerprint density at radius 3 is 2.71 bits per heavy atom. The fourth-order valence-electron chi connectivity index (χ4n) is 2.32. The Hall–Kier alpha value is -1.80. The number of rotatable bonds is 3. The van der Waals surface area contributed by atoms with Crippen LogP contribution >= 0.6 is 0 Å². The first-order valence-corrected chi connectivity index (χ1v) is 5.94. The van der Waals surface area contributed by atoms with Gasteiger partial charge in [0, 0.05) is 10.8 Å². The topological polar surface area (TPSA) is 25.2 Å². The summed E-state index contributed by atoms with van der Waals surface area (Å²) in [4.78, 5) is 0. The third-order valence-corrected chi connectivity index (χ3v) is 3.13. The first-order valence-electron chi connectivity index (χ1n) is 5.94. The van der Waals surface area contributed by atoms with Crippen molar-refractivity contribution in [3.8, 4) is 0 Å². The highest BCUT2D eigenvalue weighted by Crippen LogP contribution is 2.31. The molecule has 0 spiro atoms. The lowest BCUT2D eigenvalue weighted by Gasteiger charge is -2.02. The Balaban J connectivity index is 2.28. The van der Waals surface area contributed by atoms with Crippen LogP contribution in [0.25, 0.3) is 21.9 Å². The summed E-state index contributed by atoms with van der Waals surface area (Å²) in [5, 5.41) is 5.67. The van der Waals surface area contributed by atoms with Gasteiger partial charge in [0.1, 0.15) is 11.2 Å². The van der Waals surface area contributed by atoms with Crippen LogP contribution in [0.1, 0.15) is 5.56 Å². The molecule has 0 aliphatic carbocycles. The second-order valence-electron chi connectivity index (χ2n) is 4.24. The van der Waals surface area contributed by atoms with Crippen molar-refractivity contribution in [2.45, 2.75) is 6.42 Å². The van der Waals surface area contributed by atoms with E-state index in [1.807, 2.05) is 25.2 Å². The number of fused-ring (bicyclic) bond motifs is 3. The number of nitrogens with one attached hydrogen (secondary N) is 1. The lowest BCUT2D eigenvalue weighted by Crippen LogP contribution is -2.10. The molecule has 2 aromatic carbocycles. The third-order valence-electron chi connectivity index (χ3n) is 3.13. The standard InChI is InChI=1S/C15H15NO/c1-16-10-9-11-5-4-8-14-15(11)12-6-2-3-7-13(12)17-14/h2-8,16H,9-10H2,1H3. The quantitative estimate of drug-likeness (QED) is 0.739. The van der Waals surface area contributed by atoms with E-state index in [1.54, 1.807) is 0 Å². The minimum atomic E-state index is 0.972. The molecule has 0 saturated carbocycles. The molecule has 0 aliphatic rings. The number of furan rings is 1. The summed E-state index contributed by atoms with van der Waals surface area (Å²) >= 11 is 0. The van der Waals surface area contributed by atoms with E-state index in [4.69, 9.17) is 4.42 Å². The van der Waals surface area contributed by atoms with Crippen LogP contribution in [-0.4, -0.2) is 13.6 Å². The van der Waals surface area contributed by atoms with Crippen molar-refractivity contribution in [3.63, 3.8) is 0 Å². The van der Waals surface area contributed by atoms with Gasteiger partial charge in [-0.2, -0.15) is 0 Å². The van der Waals surface area contributed by atoms with Gasteiger partial charge < -0.3 is 9.73 Å². The molecule has 0 radical (unpaired) electrons. The Kier molecular flexibility index (Phi) is 2.57. The zero-order valence-corrected chi connectivity index (χ0v) is 9.86. The minimum Gasteiger partial charge on any atom is -0.456 e. The average Bonchev–Trinajstić information content (AvgIpc) is 2.75. The number of benzene rings is 2. The van der Waals surface area contributed by atoms with Crippen molar-refractivity contribution in [1.82, 2.24) is 5.32 Å². The second kappa shape index (κ2) is 4.22. The average molecular weight is 225 g/mol. The van der Waals surface area contributed by atoms with Crippen molar-refractivity contribution in [2.75, 3.05) is 13.6 Å². The SMILES string of the molecule is CNCCc1cccc2oc3ccccc3c12. The minimum absolute atomic E-state index is 0.972. The van der Waals surface area contributed by atoms with E-state index >= 15 is 0 Å². The van der Waals surface area contributed by atoms with Crippen LogP contribution in [0.15, 0.2) is 46.9 Å². The van der Waals surface area contributed by atoms with E-state index in [1.165, 1.54) is 16.3 Å².